The van der Waals surface area contributed by atoms with Gasteiger partial charge in [0.2, 0.25) is 29.5 Å². The van der Waals surface area contributed by atoms with Gasteiger partial charge in [-0.3, -0.25) is 24.0 Å². The number of aliphatic hydroxyl groups is 30. The number of ether oxygens (including phenoxy) is 21. The third-order valence-corrected chi connectivity index (χ3v) is 25.9. The Labute approximate surface area is 803 Å². The molecule has 5 amide bonds. The lowest BCUT2D eigenvalue weighted by Crippen LogP contribution is -2.71. The second kappa shape index (κ2) is 50.6. The van der Waals surface area contributed by atoms with Crippen LogP contribution < -0.4 is 26.6 Å². The van der Waals surface area contributed by atoms with E-state index in [-0.39, 0.29) is 0 Å². The molecule has 11 aliphatic rings. The molecule has 0 unspecified atom stereocenters. The topological polar surface area (TPSA) is 984 Å². The Morgan fingerprint density at radius 2 is 0.620 bits per heavy atom. The molecule has 0 spiro atoms. The van der Waals surface area contributed by atoms with E-state index in [0.29, 0.717) is 0 Å². The largest absolute Gasteiger partial charge is 0.477 e. The van der Waals surface area contributed by atoms with Crippen molar-refractivity contribution in [3.8, 4) is 0 Å². The van der Waals surface area contributed by atoms with Crippen LogP contribution in [0.1, 0.15) is 48.0 Å². The van der Waals surface area contributed by atoms with Crippen LogP contribution in [0.5, 0.6) is 0 Å². The quantitative estimate of drug-likeness (QED) is 0.0273. The van der Waals surface area contributed by atoms with E-state index < -0.39 is 451 Å². The summed E-state index contributed by atoms with van der Waals surface area (Å²) in [6.07, 6.45) is -109. The van der Waals surface area contributed by atoms with Gasteiger partial charge in [0.15, 0.2) is 62.9 Å². The summed E-state index contributed by atoms with van der Waals surface area (Å²) in [6.45, 7) is -5.99. The normalized spacial score (nSPS) is 48.0. The minimum atomic E-state index is -3.11. The fourth-order valence-electron chi connectivity index (χ4n) is 18.3. The van der Waals surface area contributed by atoms with Gasteiger partial charge in [-0.25, -0.2) is 4.79 Å². The summed E-state index contributed by atoms with van der Waals surface area (Å²) in [7, 11) is 0. The lowest BCUT2D eigenvalue weighted by molar-refractivity contribution is -0.399. The highest BCUT2D eigenvalue weighted by molar-refractivity contribution is 5.77. The molecule has 0 aromatic heterocycles. The molecular formula is C79H131N5O58. The molecule has 0 aromatic carbocycles. The van der Waals surface area contributed by atoms with Crippen molar-refractivity contribution in [2.24, 2.45) is 0 Å². The first-order valence-corrected chi connectivity index (χ1v) is 45.1. The SMILES string of the molecule is CC(=O)N[C@@H]1[C@@H](O)[C@H](O[C@@H]2O[C@H](CO)[C@@H](O[C@@H]3O[C@H](CO[C@H]4O[C@H](CO)[C@@H](O)[C@H](O)[C@@H]4O[C@@H]4O[C@H](CO)[C@@H](O[C@@H]5O[C@H](CO[C@]6(C(=O)O)C[C@H](O)[C@@H](NC(C)=O)[C@H]([C@H](O)[C@H](O)CO)O6)[C@H](O)[C@H](O)[C@H]5O)[C@H](O)[C@H]4NC(C)=O)[C@@H](O)[C@H](O[C@H]4O[C@H](CO)[C@@H](O)[C@H](O)[C@@H]4O[C@@H]4O[C@H](CO)[C@@H](O[C@@H]5O[C@H](CO)[C@H](O)[C@H](O)[C@H]5O)[C@H](O)[C@H]4NC(C)=O)[C@@H]3O)[C@H](O)[C@H]2NC(C)=O)[C@@H](CO[C@@H]2O[C@@H](C)[C@@H](O)[C@@H](O)[C@@H]2O)O[C@H]1O. The van der Waals surface area contributed by atoms with Gasteiger partial charge in [-0.2, -0.15) is 0 Å². The summed E-state index contributed by atoms with van der Waals surface area (Å²) < 4.78 is 125. The van der Waals surface area contributed by atoms with Crippen LogP contribution in [-0.4, -0.2) is 603 Å². The van der Waals surface area contributed by atoms with Gasteiger partial charge in [0.05, 0.1) is 84.3 Å². The predicted octanol–water partition coefficient (Wildman–Crippen LogP) is -24.0. The molecule has 0 aliphatic carbocycles. The van der Waals surface area contributed by atoms with E-state index in [9.17, 15) is 187 Å². The van der Waals surface area contributed by atoms with Crippen LogP contribution in [-0.2, 0) is 128 Å². The van der Waals surface area contributed by atoms with Crippen molar-refractivity contribution in [3.63, 3.8) is 0 Å². The van der Waals surface area contributed by atoms with Gasteiger partial charge in [0, 0.05) is 41.0 Å². The van der Waals surface area contributed by atoms with Crippen LogP contribution in [0, 0.1) is 0 Å². The molecule has 0 saturated carbocycles. The van der Waals surface area contributed by atoms with Crippen LogP contribution in [0.4, 0.5) is 0 Å². The van der Waals surface area contributed by atoms with Crippen LogP contribution in [0.2, 0.25) is 0 Å². The summed E-state index contributed by atoms with van der Waals surface area (Å²) >= 11 is 0. The number of aliphatic carboxylic acids is 1. The molecule has 11 saturated heterocycles. The number of hydrogen-bond acceptors (Lipinski definition) is 57. The molecule has 0 bridgehead atoms. The highest BCUT2D eigenvalue weighted by Gasteiger charge is 2.64. The van der Waals surface area contributed by atoms with Gasteiger partial charge in [-0.05, 0) is 6.92 Å². The molecule has 142 heavy (non-hydrogen) atoms. The van der Waals surface area contributed by atoms with Gasteiger partial charge in [-0.15, -0.1) is 0 Å². The average Bonchev–Trinajstić information content (AvgIpc) is 0.757. The molecule has 0 radical (unpaired) electrons. The molecule has 56 atom stereocenters. The maximum atomic E-state index is 13.4. The molecule has 820 valence electrons. The Morgan fingerprint density at radius 3 is 1.05 bits per heavy atom. The Kier molecular flexibility index (Phi) is 41.7. The van der Waals surface area contributed by atoms with Gasteiger partial charge < -0.3 is 284 Å². The highest BCUT2D eigenvalue weighted by atomic mass is 16.8. The van der Waals surface area contributed by atoms with Crippen LogP contribution >= 0.6 is 0 Å². The number of aliphatic hydroxyl groups excluding tert-OH is 30. The van der Waals surface area contributed by atoms with Crippen LogP contribution in [0.3, 0.4) is 0 Å². The van der Waals surface area contributed by atoms with E-state index in [1.165, 1.54) is 6.92 Å². The van der Waals surface area contributed by atoms with Crippen molar-refractivity contribution < 1.29 is 287 Å². The number of rotatable bonds is 38. The van der Waals surface area contributed by atoms with Crippen LogP contribution in [0.15, 0.2) is 0 Å². The molecule has 11 aliphatic heterocycles. The van der Waals surface area contributed by atoms with Crippen molar-refractivity contribution in [2.45, 2.75) is 391 Å². The zero-order valence-corrected chi connectivity index (χ0v) is 76.4. The van der Waals surface area contributed by atoms with E-state index in [1.807, 2.05) is 0 Å². The van der Waals surface area contributed by atoms with E-state index in [1.54, 1.807) is 0 Å². The number of hydrogen-bond donors (Lipinski definition) is 36. The average molecular weight is 2080 g/mol. The number of carboxylic acids is 1. The number of carboxylic acid groups (broad SMARTS) is 1. The Hall–Kier alpha value is -5.22. The van der Waals surface area contributed by atoms with E-state index in [2.05, 4.69) is 26.6 Å². The third kappa shape index (κ3) is 26.0. The zero-order chi connectivity index (χ0) is 105. The Bertz CT molecular complexity index is 4010. The van der Waals surface area contributed by atoms with Crippen LogP contribution in [0.25, 0.3) is 0 Å². The van der Waals surface area contributed by atoms with Crippen molar-refractivity contribution in [1.29, 1.82) is 0 Å². The summed E-state index contributed by atoms with van der Waals surface area (Å²) in [5.74, 6) is -9.99. The first-order valence-electron chi connectivity index (χ1n) is 45.1. The minimum absolute atomic E-state index is 0.856. The van der Waals surface area contributed by atoms with Gasteiger partial charge in [-0.1, -0.05) is 0 Å². The lowest BCUT2D eigenvalue weighted by Gasteiger charge is -2.51. The maximum Gasteiger partial charge on any atom is 0.364 e. The number of amides is 5. The summed E-state index contributed by atoms with van der Waals surface area (Å²) in [5.41, 5.74) is 0. The molecular weight excluding hydrogens is 1950 g/mol. The van der Waals surface area contributed by atoms with Crippen molar-refractivity contribution in [2.75, 3.05) is 66.1 Å². The second-order valence-electron chi connectivity index (χ2n) is 36.0. The zero-order valence-electron chi connectivity index (χ0n) is 76.4. The van der Waals surface area contributed by atoms with E-state index in [4.69, 9.17) is 99.5 Å². The lowest BCUT2D eigenvalue weighted by atomic mass is 9.88. The molecule has 11 rings (SSSR count). The predicted molar refractivity (Wildman–Crippen MR) is 436 cm³/mol. The molecule has 63 heteroatoms. The van der Waals surface area contributed by atoms with E-state index >= 15 is 0 Å². The fourth-order valence-corrected chi connectivity index (χ4v) is 18.3. The molecule has 63 nitrogen and oxygen atoms in total. The summed E-state index contributed by atoms with van der Waals surface area (Å²) in [5, 5.41) is 360. The van der Waals surface area contributed by atoms with Crippen molar-refractivity contribution in [1.82, 2.24) is 26.6 Å². The van der Waals surface area contributed by atoms with Gasteiger partial charge in [0.1, 0.15) is 256 Å². The number of carbonyl (C=O) groups is 6. The number of nitrogens with one attached hydrogen (secondary N) is 5. The highest BCUT2D eigenvalue weighted by Crippen LogP contribution is 2.43. The van der Waals surface area contributed by atoms with Crippen molar-refractivity contribution in [3.05, 3.63) is 0 Å². The standard InChI is InChI=1S/C79H131N5O58/c1-18-40(99)51(110)56(115)72(125-18)122-16-34-63(47(106)36(68(119)126-34)81-20(3)93)135-69-37(82-21(4)94)48(107)62(31(14-91)130-69)138-75-59(118)65(139-77-67(55(114)44(103)28(11-88)129-77)141-71-39(84-23(6)96)50(109)60(29(12-89)132-71)136-73-57(116)52(111)42(101)26(9-86)127-73)46(105)32(133-75)15-123-76-66(54(113)43(102)27(10-87)128-76)140-70-38(83-22(5)95)49(108)61(30(13-90)131-70)137-74-58(117)53(112)45(104)33(134-74)17-124-79(78(120)121)7-24(97)35(80-19(2)92)64(142-79)41(100)25(98)8-85/h18,24-77,85-91,97-119H,7-17H2,1-6H3,(H,80,92)(H,81,93)(H,82,94)(H,83,95)(H,84,96)(H,120,121)/t18-,24-,25+,26+,27+,28+,29+,30+,31+,32+,33+,34+,35+,36+,37+,38+,39+,40+,41+,42-,43+,44+,45-,46+,47+,48+,49+,50+,51+,52-,53-,54-,55-,56-,57+,58+,59-,60+,61+,62+,63+,64+,65-,66-,67-,68+,69-,70-,71-,72+,73-,74-,75-,76-,77+,79+/m0/s1. The fraction of sp³-hybridized carbons (Fsp3) is 0.924. The van der Waals surface area contributed by atoms with Gasteiger partial charge >= 0.3 is 5.97 Å². The summed E-state index contributed by atoms with van der Waals surface area (Å²) in [4.78, 5) is 77.5. The van der Waals surface area contributed by atoms with Gasteiger partial charge in [0.25, 0.3) is 5.79 Å². The maximum absolute atomic E-state index is 13.4. The Balaban J connectivity index is 0.902. The summed E-state index contributed by atoms with van der Waals surface area (Å²) in [6, 6.07) is -9.69. The van der Waals surface area contributed by atoms with Crippen molar-refractivity contribution >= 4 is 35.5 Å². The molecule has 0 aromatic rings. The smallest absolute Gasteiger partial charge is 0.364 e. The second-order valence-corrected chi connectivity index (χ2v) is 36.0. The minimum Gasteiger partial charge on any atom is -0.477 e. The van der Waals surface area contributed by atoms with E-state index in [0.717, 1.165) is 34.6 Å². The number of carbonyl (C=O) groups excluding carboxylic acids is 5. The first-order chi connectivity index (χ1) is 66.9. The third-order valence-electron chi connectivity index (χ3n) is 25.9. The molecule has 11 fully saturated rings. The molecule has 11 heterocycles. The first kappa shape index (κ1) is 117. The molecule has 36 N–H and O–H groups in total. The monoisotopic (exact) mass is 2080 g/mol. The Morgan fingerprint density at radius 1 is 0.303 bits per heavy atom.